The second-order valence-electron chi connectivity index (χ2n) is 12.6. The highest BCUT2D eigenvalue weighted by Crippen LogP contribution is 2.40. The largest absolute Gasteiger partial charge is 0.497 e. The number of pyridine rings is 2. The van der Waals surface area contributed by atoms with E-state index in [0.717, 1.165) is 67.4 Å². The van der Waals surface area contributed by atoms with E-state index in [1.807, 2.05) is 17.0 Å². The number of methoxy groups -OCH3 is 1. The predicted molar refractivity (Wildman–Crippen MR) is 177 cm³/mol. The number of aliphatic hydroxyl groups excluding tert-OH is 3. The number of H-pyrrole nitrogens is 1. The van der Waals surface area contributed by atoms with Gasteiger partial charge in [-0.25, -0.2) is 9.18 Å². The van der Waals surface area contributed by atoms with Crippen LogP contribution in [-0.4, -0.2) is 124 Å². The van der Waals surface area contributed by atoms with Gasteiger partial charge in [-0.05, 0) is 37.1 Å². The predicted octanol–water partition coefficient (Wildman–Crippen LogP) is 1.29. The Morgan fingerprint density at radius 2 is 1.73 bits per heavy atom. The van der Waals surface area contributed by atoms with E-state index in [1.165, 1.54) is 12.3 Å². The summed E-state index contributed by atoms with van der Waals surface area (Å²) in [6.07, 6.45) is -6.02. The number of fused-ring (bicyclic) bond motifs is 2. The molecular formula is C34H38FN5O9. The summed E-state index contributed by atoms with van der Waals surface area (Å²) in [7, 11) is 1.62. The zero-order chi connectivity index (χ0) is 34.4. The van der Waals surface area contributed by atoms with E-state index >= 15 is 4.39 Å². The van der Waals surface area contributed by atoms with Crippen LogP contribution in [0.5, 0.6) is 11.5 Å². The monoisotopic (exact) mass is 679 g/mol. The summed E-state index contributed by atoms with van der Waals surface area (Å²) in [4.78, 5) is 38.0. The Morgan fingerprint density at radius 1 is 0.980 bits per heavy atom. The lowest BCUT2D eigenvalue weighted by Gasteiger charge is -2.44. The number of carboxylic acid groups (broad SMARTS) is 1. The number of aromatic nitrogens is 2. The van der Waals surface area contributed by atoms with E-state index in [4.69, 9.17) is 14.2 Å². The van der Waals surface area contributed by atoms with Crippen LogP contribution in [-0.2, 0) is 9.53 Å². The molecule has 0 saturated carbocycles. The van der Waals surface area contributed by atoms with E-state index < -0.39 is 42.5 Å². The summed E-state index contributed by atoms with van der Waals surface area (Å²) in [5.41, 5.74) is 2.33. The fourth-order valence-corrected chi connectivity index (χ4v) is 7.20. The fraction of sp³-hybridized carbons (Fsp3) is 0.441. The summed E-state index contributed by atoms with van der Waals surface area (Å²) in [6, 6.07) is 11.8. The van der Waals surface area contributed by atoms with Gasteiger partial charge < -0.3 is 49.4 Å². The molecule has 5 atom stereocenters. The Kier molecular flexibility index (Phi) is 9.02. The first-order valence-electron chi connectivity index (χ1n) is 16.2. The van der Waals surface area contributed by atoms with Crippen LogP contribution in [0.1, 0.15) is 12.8 Å². The third kappa shape index (κ3) is 6.24. The third-order valence-electron chi connectivity index (χ3n) is 9.81. The smallest absolute Gasteiger partial charge is 0.335 e. The fourth-order valence-electron chi connectivity index (χ4n) is 7.20. The normalized spacial score (nSPS) is 25.5. The van der Waals surface area contributed by atoms with Gasteiger partial charge in [0.1, 0.15) is 41.1 Å². The first-order chi connectivity index (χ1) is 23.6. The Balaban J connectivity index is 1.08. The van der Waals surface area contributed by atoms with Crippen molar-refractivity contribution in [2.75, 3.05) is 56.2 Å². The van der Waals surface area contributed by atoms with E-state index in [9.17, 15) is 30.0 Å². The second kappa shape index (κ2) is 13.4. The highest BCUT2D eigenvalue weighted by Gasteiger charge is 2.48. The molecule has 260 valence electrons. The Morgan fingerprint density at radius 3 is 2.45 bits per heavy atom. The van der Waals surface area contributed by atoms with Gasteiger partial charge in [0.25, 0.3) is 0 Å². The van der Waals surface area contributed by atoms with Gasteiger partial charge in [0.05, 0.1) is 18.3 Å². The van der Waals surface area contributed by atoms with E-state index in [0.29, 0.717) is 24.3 Å². The van der Waals surface area contributed by atoms with Crippen LogP contribution in [0.15, 0.2) is 53.5 Å². The molecule has 2 aromatic carbocycles. The molecule has 0 radical (unpaired) electrons. The number of halogens is 1. The number of ether oxygens (including phenoxy) is 3. The summed E-state index contributed by atoms with van der Waals surface area (Å²) in [5.74, 6) is -1.50. The average Bonchev–Trinajstić information content (AvgIpc) is 3.11. The minimum atomic E-state index is -1.89. The van der Waals surface area contributed by atoms with Crippen molar-refractivity contribution in [1.29, 1.82) is 0 Å². The van der Waals surface area contributed by atoms with Crippen LogP contribution in [0.4, 0.5) is 15.8 Å². The van der Waals surface area contributed by atoms with Crippen LogP contribution >= 0.6 is 0 Å². The van der Waals surface area contributed by atoms with Gasteiger partial charge >= 0.3 is 5.97 Å². The maximum Gasteiger partial charge on any atom is 0.335 e. The van der Waals surface area contributed by atoms with Gasteiger partial charge in [0.2, 0.25) is 11.8 Å². The molecule has 14 nitrogen and oxygen atoms in total. The van der Waals surface area contributed by atoms with Crippen molar-refractivity contribution in [3.63, 3.8) is 0 Å². The van der Waals surface area contributed by atoms with Gasteiger partial charge in [-0.15, -0.1) is 0 Å². The van der Waals surface area contributed by atoms with Gasteiger partial charge in [0.15, 0.2) is 11.9 Å². The van der Waals surface area contributed by atoms with Crippen molar-refractivity contribution < 1.29 is 43.8 Å². The molecule has 0 amide bonds. The molecule has 49 heavy (non-hydrogen) atoms. The van der Waals surface area contributed by atoms with Crippen LogP contribution in [0.3, 0.4) is 0 Å². The number of hydrogen-bond donors (Lipinski definition) is 5. The highest BCUT2D eigenvalue weighted by molar-refractivity contribution is 5.95. The van der Waals surface area contributed by atoms with Gasteiger partial charge in [0, 0.05) is 80.5 Å². The molecule has 0 aliphatic carbocycles. The van der Waals surface area contributed by atoms with E-state index in [2.05, 4.69) is 19.8 Å². The number of nitrogens with zero attached hydrogens (tertiary/aromatic N) is 4. The molecule has 5 heterocycles. The number of hydrogen-bond acceptors (Lipinski definition) is 12. The second-order valence-corrected chi connectivity index (χ2v) is 12.6. The van der Waals surface area contributed by atoms with Gasteiger partial charge in [-0.2, -0.15) is 0 Å². The Bertz CT molecular complexity index is 1910. The summed E-state index contributed by atoms with van der Waals surface area (Å²) < 4.78 is 32.1. The SMILES string of the molecule is COc1cc(N2CCN(C3CCN(c4c(OC5OC(C(=O)O)C(O)C(O)C5O)cc(F)c5cccnc45)CC3)CC2)c2[nH]c(=O)ccc2c1. The number of carbonyl (C=O) groups is 1. The topological polar surface area (TPSA) is 181 Å². The molecule has 3 saturated heterocycles. The average molecular weight is 680 g/mol. The first kappa shape index (κ1) is 33.0. The maximum absolute atomic E-state index is 15.3. The van der Waals surface area contributed by atoms with Crippen molar-refractivity contribution in [2.45, 2.75) is 49.6 Å². The lowest BCUT2D eigenvalue weighted by Crippen LogP contribution is -2.61. The number of carboxylic acids is 1. The molecule has 3 fully saturated rings. The first-order valence-corrected chi connectivity index (χ1v) is 16.2. The molecular weight excluding hydrogens is 641 g/mol. The number of aliphatic carboxylic acids is 1. The van der Waals surface area contributed by atoms with E-state index in [-0.39, 0.29) is 22.7 Å². The lowest BCUT2D eigenvalue weighted by molar-refractivity contribution is -0.271. The zero-order valence-electron chi connectivity index (χ0n) is 26.7. The molecule has 2 aromatic heterocycles. The van der Waals surface area contributed by atoms with Crippen molar-refractivity contribution in [3.05, 3.63) is 64.8 Å². The maximum atomic E-state index is 15.3. The minimum Gasteiger partial charge on any atom is -0.497 e. The molecule has 7 rings (SSSR count). The van der Waals surface area contributed by atoms with Crippen molar-refractivity contribution in [3.8, 4) is 11.5 Å². The Labute approximate surface area is 279 Å². The number of anilines is 2. The van der Waals surface area contributed by atoms with Crippen LogP contribution < -0.4 is 24.8 Å². The van der Waals surface area contributed by atoms with Gasteiger partial charge in [-0.1, -0.05) is 0 Å². The third-order valence-corrected chi connectivity index (χ3v) is 9.81. The number of aromatic amines is 1. The standard InChI is InChI=1S/C34H38FN5O9/c1-47-20-15-18-4-5-25(41)37-26(18)23(16-20)39-13-11-38(12-14-39)19-6-9-40(10-7-19)28-24(17-22(35)21-3-2-8-36-27(21)28)48-34-31(44)29(42)30(43)32(49-34)33(45)46/h2-5,8,15-17,19,29-32,34,42-44H,6-7,9-14H2,1H3,(H,37,41)(H,45,46). The number of aliphatic hydroxyl groups is 3. The Hall–Kier alpha value is -4.54. The molecule has 0 bridgehead atoms. The summed E-state index contributed by atoms with van der Waals surface area (Å²) >= 11 is 0. The number of rotatable bonds is 7. The molecule has 0 spiro atoms. The molecule has 15 heteroatoms. The summed E-state index contributed by atoms with van der Waals surface area (Å²) in [5, 5.41) is 41.7. The molecule has 5 unspecified atom stereocenters. The number of piperazine rings is 1. The van der Waals surface area contributed by atoms with Gasteiger partial charge in [-0.3, -0.25) is 14.7 Å². The number of piperidine rings is 1. The summed E-state index contributed by atoms with van der Waals surface area (Å²) in [6.45, 7) is 4.29. The number of benzene rings is 2. The molecule has 5 N–H and O–H groups in total. The van der Waals surface area contributed by atoms with E-state index in [1.54, 1.807) is 25.3 Å². The minimum absolute atomic E-state index is 0.0314. The molecule has 3 aliphatic heterocycles. The van der Waals surface area contributed by atoms with Crippen LogP contribution in [0.2, 0.25) is 0 Å². The lowest BCUT2D eigenvalue weighted by atomic mass is 9.99. The van der Waals surface area contributed by atoms with Crippen molar-refractivity contribution in [1.82, 2.24) is 14.9 Å². The number of nitrogens with one attached hydrogen (secondary N) is 1. The quantitative estimate of drug-likeness (QED) is 0.189. The van der Waals surface area contributed by atoms with Crippen molar-refractivity contribution in [2.24, 2.45) is 0 Å². The zero-order valence-corrected chi connectivity index (χ0v) is 26.7. The van der Waals surface area contributed by atoms with Crippen LogP contribution in [0, 0.1) is 5.82 Å². The molecule has 3 aliphatic rings. The van der Waals surface area contributed by atoms with Crippen molar-refractivity contribution >= 4 is 39.1 Å². The molecule has 4 aromatic rings. The van der Waals surface area contributed by atoms with Crippen LogP contribution in [0.25, 0.3) is 21.8 Å². The highest BCUT2D eigenvalue weighted by atomic mass is 19.1.